The first kappa shape index (κ1) is 14.8. The largest absolute Gasteiger partial charge is 0.496 e. The Morgan fingerprint density at radius 1 is 1.25 bits per heavy atom. The van der Waals surface area contributed by atoms with Crippen molar-refractivity contribution >= 4 is 0 Å². The minimum absolute atomic E-state index is 0.619. The van der Waals surface area contributed by atoms with Crippen molar-refractivity contribution in [3.8, 4) is 11.8 Å². The lowest BCUT2D eigenvalue weighted by atomic mass is 10.1. The highest BCUT2D eigenvalue weighted by Crippen LogP contribution is 2.22. The van der Waals surface area contributed by atoms with Crippen LogP contribution in [0.25, 0.3) is 0 Å². The normalized spacial score (nSPS) is 17.1. The molecule has 0 saturated carbocycles. The molecular weight excluding hydrogens is 250 g/mol. The van der Waals surface area contributed by atoms with Gasteiger partial charge in [0.2, 0.25) is 0 Å². The van der Waals surface area contributed by atoms with Crippen molar-refractivity contribution in [2.24, 2.45) is 0 Å². The third-order valence-electron chi connectivity index (χ3n) is 3.94. The van der Waals surface area contributed by atoms with Crippen LogP contribution in [0.1, 0.15) is 25.0 Å². The molecule has 20 heavy (non-hydrogen) atoms. The highest BCUT2D eigenvalue weighted by Gasteiger charge is 2.19. The van der Waals surface area contributed by atoms with E-state index in [4.69, 9.17) is 10.00 Å². The summed E-state index contributed by atoms with van der Waals surface area (Å²) in [7, 11) is 1.68. The number of hydrogen-bond donors (Lipinski definition) is 0. The minimum Gasteiger partial charge on any atom is -0.496 e. The van der Waals surface area contributed by atoms with E-state index >= 15 is 0 Å². The first-order valence-electron chi connectivity index (χ1n) is 7.17. The fourth-order valence-electron chi connectivity index (χ4n) is 2.65. The maximum Gasteiger partial charge on any atom is 0.123 e. The zero-order chi connectivity index (χ0) is 14.5. The standard InChI is InChI=1S/C16H23N3O/c1-13(2)19-8-6-18(7-9-19)12-15-10-14(11-17)4-5-16(15)20-3/h4-5,10,13H,6-9,12H2,1-3H3. The SMILES string of the molecule is COc1ccc(C#N)cc1CN1CCN(C(C)C)CC1. The average molecular weight is 273 g/mol. The summed E-state index contributed by atoms with van der Waals surface area (Å²) >= 11 is 0. The third-order valence-corrected chi connectivity index (χ3v) is 3.94. The molecule has 4 heteroatoms. The van der Waals surface area contributed by atoms with Crippen molar-refractivity contribution in [3.05, 3.63) is 29.3 Å². The number of ether oxygens (including phenoxy) is 1. The van der Waals surface area contributed by atoms with E-state index in [-0.39, 0.29) is 0 Å². The van der Waals surface area contributed by atoms with Gasteiger partial charge in [0.05, 0.1) is 18.7 Å². The topological polar surface area (TPSA) is 39.5 Å². The van der Waals surface area contributed by atoms with Gasteiger partial charge in [0.1, 0.15) is 5.75 Å². The number of piperazine rings is 1. The minimum atomic E-state index is 0.619. The monoisotopic (exact) mass is 273 g/mol. The first-order valence-corrected chi connectivity index (χ1v) is 7.17. The fraction of sp³-hybridized carbons (Fsp3) is 0.562. The molecule has 0 aromatic heterocycles. The molecular formula is C16H23N3O. The number of benzene rings is 1. The van der Waals surface area contributed by atoms with Crippen LogP contribution in [0.2, 0.25) is 0 Å². The Balaban J connectivity index is 2.02. The van der Waals surface area contributed by atoms with Crippen LogP contribution in [0.4, 0.5) is 0 Å². The molecule has 2 rings (SSSR count). The van der Waals surface area contributed by atoms with Crippen molar-refractivity contribution in [2.45, 2.75) is 26.4 Å². The molecule has 0 unspecified atom stereocenters. The van der Waals surface area contributed by atoms with Gasteiger partial charge in [-0.1, -0.05) is 0 Å². The van der Waals surface area contributed by atoms with Crippen LogP contribution in [0.3, 0.4) is 0 Å². The molecule has 0 atom stereocenters. The Kier molecular flexibility index (Phi) is 4.99. The van der Waals surface area contributed by atoms with Gasteiger partial charge in [0.25, 0.3) is 0 Å². The smallest absolute Gasteiger partial charge is 0.123 e. The van der Waals surface area contributed by atoms with Gasteiger partial charge in [-0.15, -0.1) is 0 Å². The highest BCUT2D eigenvalue weighted by atomic mass is 16.5. The predicted molar refractivity (Wildman–Crippen MR) is 79.7 cm³/mol. The lowest BCUT2D eigenvalue weighted by Crippen LogP contribution is -2.48. The zero-order valence-corrected chi connectivity index (χ0v) is 12.6. The number of nitrogens with zero attached hydrogens (tertiary/aromatic N) is 3. The number of hydrogen-bond acceptors (Lipinski definition) is 4. The second-order valence-corrected chi connectivity index (χ2v) is 5.54. The summed E-state index contributed by atoms with van der Waals surface area (Å²) in [6.07, 6.45) is 0. The van der Waals surface area contributed by atoms with Crippen molar-refractivity contribution < 1.29 is 4.74 Å². The summed E-state index contributed by atoms with van der Waals surface area (Å²) in [6, 6.07) is 8.44. The molecule has 0 amide bonds. The Morgan fingerprint density at radius 2 is 1.95 bits per heavy atom. The van der Waals surface area contributed by atoms with Crippen molar-refractivity contribution in [2.75, 3.05) is 33.3 Å². The first-order chi connectivity index (χ1) is 9.63. The van der Waals surface area contributed by atoms with Crippen LogP contribution < -0.4 is 4.74 Å². The zero-order valence-electron chi connectivity index (χ0n) is 12.6. The van der Waals surface area contributed by atoms with Gasteiger partial charge in [-0.05, 0) is 32.0 Å². The molecule has 1 aliphatic rings. The summed E-state index contributed by atoms with van der Waals surface area (Å²) < 4.78 is 5.40. The summed E-state index contributed by atoms with van der Waals surface area (Å²) in [5.41, 5.74) is 1.80. The molecule has 0 radical (unpaired) electrons. The molecule has 1 aliphatic heterocycles. The molecule has 1 saturated heterocycles. The second-order valence-electron chi connectivity index (χ2n) is 5.54. The van der Waals surface area contributed by atoms with E-state index in [2.05, 4.69) is 29.7 Å². The van der Waals surface area contributed by atoms with E-state index in [9.17, 15) is 0 Å². The summed E-state index contributed by atoms with van der Waals surface area (Å²) in [5.74, 6) is 0.871. The quantitative estimate of drug-likeness (QED) is 0.842. The Morgan fingerprint density at radius 3 is 2.50 bits per heavy atom. The van der Waals surface area contributed by atoms with Gasteiger partial charge in [0, 0.05) is 44.3 Å². The van der Waals surface area contributed by atoms with E-state index in [0.717, 1.165) is 44.0 Å². The fourth-order valence-corrected chi connectivity index (χ4v) is 2.65. The van der Waals surface area contributed by atoms with E-state index in [1.807, 2.05) is 12.1 Å². The molecule has 1 aromatic rings. The second kappa shape index (κ2) is 6.74. The summed E-state index contributed by atoms with van der Waals surface area (Å²) in [5, 5.41) is 9.02. The molecule has 0 spiro atoms. The average Bonchev–Trinajstić information content (AvgIpc) is 2.47. The van der Waals surface area contributed by atoms with Crippen LogP contribution in [-0.4, -0.2) is 49.1 Å². The van der Waals surface area contributed by atoms with Crippen LogP contribution in [0, 0.1) is 11.3 Å². The number of rotatable bonds is 4. The van der Waals surface area contributed by atoms with E-state index < -0.39 is 0 Å². The van der Waals surface area contributed by atoms with Gasteiger partial charge in [-0.25, -0.2) is 0 Å². The molecule has 1 fully saturated rings. The summed E-state index contributed by atoms with van der Waals surface area (Å²) in [6.45, 7) is 9.70. The van der Waals surface area contributed by atoms with Crippen LogP contribution in [0.5, 0.6) is 5.75 Å². The lowest BCUT2D eigenvalue weighted by Gasteiger charge is -2.37. The summed E-state index contributed by atoms with van der Waals surface area (Å²) in [4.78, 5) is 4.93. The van der Waals surface area contributed by atoms with Crippen LogP contribution in [0.15, 0.2) is 18.2 Å². The van der Waals surface area contributed by atoms with Crippen molar-refractivity contribution in [3.63, 3.8) is 0 Å². The molecule has 108 valence electrons. The molecule has 1 heterocycles. The van der Waals surface area contributed by atoms with Gasteiger partial charge in [-0.2, -0.15) is 5.26 Å². The Labute approximate surface area is 121 Å². The van der Waals surface area contributed by atoms with Gasteiger partial charge >= 0.3 is 0 Å². The van der Waals surface area contributed by atoms with E-state index in [1.165, 1.54) is 0 Å². The van der Waals surface area contributed by atoms with Crippen LogP contribution in [-0.2, 0) is 6.54 Å². The predicted octanol–water partition coefficient (Wildman–Crippen LogP) is 2.09. The number of nitriles is 1. The van der Waals surface area contributed by atoms with Gasteiger partial charge in [0.15, 0.2) is 0 Å². The Bertz CT molecular complexity index is 485. The van der Waals surface area contributed by atoms with Crippen molar-refractivity contribution in [1.82, 2.24) is 9.80 Å². The third kappa shape index (κ3) is 3.50. The van der Waals surface area contributed by atoms with Crippen molar-refractivity contribution in [1.29, 1.82) is 5.26 Å². The van der Waals surface area contributed by atoms with Gasteiger partial charge < -0.3 is 4.74 Å². The maximum atomic E-state index is 9.02. The van der Waals surface area contributed by atoms with E-state index in [0.29, 0.717) is 11.6 Å². The molecule has 1 aromatic carbocycles. The maximum absolute atomic E-state index is 9.02. The van der Waals surface area contributed by atoms with Gasteiger partial charge in [-0.3, -0.25) is 9.80 Å². The molecule has 4 nitrogen and oxygen atoms in total. The molecule has 0 aliphatic carbocycles. The Hall–Kier alpha value is -1.57. The van der Waals surface area contributed by atoms with Crippen LogP contribution >= 0.6 is 0 Å². The molecule has 0 bridgehead atoms. The highest BCUT2D eigenvalue weighted by molar-refractivity contribution is 5.42. The number of methoxy groups -OCH3 is 1. The molecule has 0 N–H and O–H groups in total. The lowest BCUT2D eigenvalue weighted by molar-refractivity contribution is 0.103. The van der Waals surface area contributed by atoms with E-state index in [1.54, 1.807) is 13.2 Å².